The van der Waals surface area contributed by atoms with E-state index in [1.807, 2.05) is 12.1 Å². The molecule has 0 spiro atoms. The first-order valence-corrected chi connectivity index (χ1v) is 8.78. The SMILES string of the molecule is O=C(CN1CCN(c2ccc(Br)cn2)CC1)Nc1cccnc1Cl. The van der Waals surface area contributed by atoms with Crippen molar-refractivity contribution >= 4 is 44.9 Å². The molecule has 2 aromatic rings. The van der Waals surface area contributed by atoms with E-state index in [2.05, 4.69) is 41.0 Å². The van der Waals surface area contributed by atoms with E-state index in [9.17, 15) is 4.79 Å². The molecule has 2 aromatic heterocycles. The lowest BCUT2D eigenvalue weighted by atomic mass is 10.3. The quantitative estimate of drug-likeness (QED) is 0.785. The van der Waals surface area contributed by atoms with Gasteiger partial charge in [-0.15, -0.1) is 0 Å². The molecule has 1 fully saturated rings. The zero-order chi connectivity index (χ0) is 16.9. The van der Waals surface area contributed by atoms with Gasteiger partial charge in [-0.1, -0.05) is 11.6 Å². The molecule has 1 N–H and O–H groups in total. The molecular formula is C16H17BrClN5O. The molecule has 0 aromatic carbocycles. The molecule has 1 aliphatic rings. The Kier molecular flexibility index (Phi) is 5.65. The molecule has 1 aliphatic heterocycles. The van der Waals surface area contributed by atoms with Crippen molar-refractivity contribution in [3.63, 3.8) is 0 Å². The fourth-order valence-electron chi connectivity index (χ4n) is 2.56. The van der Waals surface area contributed by atoms with Crippen molar-refractivity contribution in [3.8, 4) is 0 Å². The molecule has 24 heavy (non-hydrogen) atoms. The third-order valence-corrected chi connectivity index (χ3v) is 4.58. The van der Waals surface area contributed by atoms with Crippen LogP contribution in [-0.4, -0.2) is 53.5 Å². The van der Waals surface area contributed by atoms with E-state index in [1.165, 1.54) is 0 Å². The highest BCUT2D eigenvalue weighted by atomic mass is 79.9. The van der Waals surface area contributed by atoms with Gasteiger partial charge in [-0.2, -0.15) is 0 Å². The van der Waals surface area contributed by atoms with Gasteiger partial charge in [0.15, 0.2) is 5.15 Å². The van der Waals surface area contributed by atoms with Gasteiger partial charge >= 0.3 is 0 Å². The van der Waals surface area contributed by atoms with Crippen LogP contribution in [0.5, 0.6) is 0 Å². The number of aromatic nitrogens is 2. The van der Waals surface area contributed by atoms with Crippen LogP contribution in [0.1, 0.15) is 0 Å². The number of pyridine rings is 2. The van der Waals surface area contributed by atoms with Crippen molar-refractivity contribution < 1.29 is 4.79 Å². The number of anilines is 2. The molecule has 126 valence electrons. The Morgan fingerprint density at radius 2 is 2.00 bits per heavy atom. The normalized spacial score (nSPS) is 15.3. The van der Waals surface area contributed by atoms with Crippen LogP contribution in [0.25, 0.3) is 0 Å². The summed E-state index contributed by atoms with van der Waals surface area (Å²) in [5, 5.41) is 3.10. The van der Waals surface area contributed by atoms with Crippen molar-refractivity contribution in [2.45, 2.75) is 0 Å². The van der Waals surface area contributed by atoms with Crippen LogP contribution in [0.4, 0.5) is 11.5 Å². The Hall–Kier alpha value is -1.70. The fraction of sp³-hybridized carbons (Fsp3) is 0.312. The maximum atomic E-state index is 12.2. The van der Waals surface area contributed by atoms with Crippen LogP contribution < -0.4 is 10.2 Å². The molecule has 3 rings (SSSR count). The number of carbonyl (C=O) groups excluding carboxylic acids is 1. The van der Waals surface area contributed by atoms with Crippen molar-refractivity contribution in [2.24, 2.45) is 0 Å². The number of amides is 1. The number of carbonyl (C=O) groups is 1. The van der Waals surface area contributed by atoms with Gasteiger partial charge < -0.3 is 10.2 Å². The van der Waals surface area contributed by atoms with Gasteiger partial charge in [-0.05, 0) is 40.2 Å². The summed E-state index contributed by atoms with van der Waals surface area (Å²) in [7, 11) is 0. The van der Waals surface area contributed by atoms with E-state index in [4.69, 9.17) is 11.6 Å². The Morgan fingerprint density at radius 3 is 2.67 bits per heavy atom. The van der Waals surface area contributed by atoms with Crippen LogP contribution in [0.3, 0.4) is 0 Å². The summed E-state index contributed by atoms with van der Waals surface area (Å²) in [6, 6.07) is 7.46. The predicted molar refractivity (Wildman–Crippen MR) is 98.5 cm³/mol. The maximum absolute atomic E-state index is 12.2. The molecule has 1 amide bonds. The van der Waals surface area contributed by atoms with E-state index in [0.29, 0.717) is 17.4 Å². The highest BCUT2D eigenvalue weighted by Gasteiger charge is 2.20. The molecule has 0 saturated carbocycles. The van der Waals surface area contributed by atoms with E-state index in [1.54, 1.807) is 24.5 Å². The van der Waals surface area contributed by atoms with Crippen LogP contribution in [-0.2, 0) is 4.79 Å². The average molecular weight is 411 g/mol. The number of nitrogens with one attached hydrogen (secondary N) is 1. The summed E-state index contributed by atoms with van der Waals surface area (Å²) < 4.78 is 0.968. The number of nitrogens with zero attached hydrogens (tertiary/aromatic N) is 4. The minimum Gasteiger partial charge on any atom is -0.354 e. The predicted octanol–water partition coefficient (Wildman–Crippen LogP) is 2.65. The Bertz CT molecular complexity index is 704. The van der Waals surface area contributed by atoms with Crippen molar-refractivity contribution in [2.75, 3.05) is 42.9 Å². The minimum atomic E-state index is -0.0832. The molecule has 3 heterocycles. The number of hydrogen-bond acceptors (Lipinski definition) is 5. The number of piperazine rings is 1. The third kappa shape index (κ3) is 4.43. The van der Waals surface area contributed by atoms with Gasteiger partial charge in [0.2, 0.25) is 5.91 Å². The van der Waals surface area contributed by atoms with E-state index in [-0.39, 0.29) is 5.91 Å². The second kappa shape index (κ2) is 7.92. The molecule has 0 radical (unpaired) electrons. The minimum absolute atomic E-state index is 0.0832. The lowest BCUT2D eigenvalue weighted by Gasteiger charge is -2.35. The van der Waals surface area contributed by atoms with Crippen molar-refractivity contribution in [3.05, 3.63) is 46.3 Å². The number of hydrogen-bond donors (Lipinski definition) is 1. The third-order valence-electron chi connectivity index (χ3n) is 3.81. The Balaban J connectivity index is 1.49. The molecule has 0 bridgehead atoms. The van der Waals surface area contributed by atoms with Crippen LogP contribution in [0.2, 0.25) is 5.15 Å². The summed E-state index contributed by atoms with van der Waals surface area (Å²) in [6.07, 6.45) is 3.39. The lowest BCUT2D eigenvalue weighted by molar-refractivity contribution is -0.117. The van der Waals surface area contributed by atoms with Gasteiger partial charge in [-0.25, -0.2) is 9.97 Å². The molecule has 8 heteroatoms. The van der Waals surface area contributed by atoms with E-state index < -0.39 is 0 Å². The summed E-state index contributed by atoms with van der Waals surface area (Å²) in [6.45, 7) is 3.65. The fourth-order valence-corrected chi connectivity index (χ4v) is 2.96. The second-order valence-corrected chi connectivity index (χ2v) is 6.76. The maximum Gasteiger partial charge on any atom is 0.238 e. The van der Waals surface area contributed by atoms with Gasteiger partial charge in [0.1, 0.15) is 5.82 Å². The van der Waals surface area contributed by atoms with E-state index >= 15 is 0 Å². The summed E-state index contributed by atoms with van der Waals surface area (Å²) in [5.74, 6) is 0.879. The largest absolute Gasteiger partial charge is 0.354 e. The van der Waals surface area contributed by atoms with Crippen molar-refractivity contribution in [1.29, 1.82) is 0 Å². The highest BCUT2D eigenvalue weighted by Crippen LogP contribution is 2.18. The first-order valence-electron chi connectivity index (χ1n) is 7.61. The summed E-state index contributed by atoms with van der Waals surface area (Å²) in [4.78, 5) is 24.9. The highest BCUT2D eigenvalue weighted by molar-refractivity contribution is 9.10. The number of rotatable bonds is 4. The van der Waals surface area contributed by atoms with Gasteiger partial charge in [0, 0.05) is 43.0 Å². The molecule has 1 saturated heterocycles. The molecule has 0 atom stereocenters. The van der Waals surface area contributed by atoms with Gasteiger partial charge in [-0.3, -0.25) is 9.69 Å². The van der Waals surface area contributed by atoms with E-state index in [0.717, 1.165) is 36.5 Å². The molecule has 0 aliphatic carbocycles. The molecule has 0 unspecified atom stereocenters. The van der Waals surface area contributed by atoms with Crippen LogP contribution in [0, 0.1) is 0 Å². The Labute approximate surface area is 154 Å². The van der Waals surface area contributed by atoms with Crippen LogP contribution in [0.15, 0.2) is 41.1 Å². The molecular weight excluding hydrogens is 394 g/mol. The van der Waals surface area contributed by atoms with Crippen molar-refractivity contribution in [1.82, 2.24) is 14.9 Å². The van der Waals surface area contributed by atoms with Crippen LogP contribution >= 0.6 is 27.5 Å². The zero-order valence-corrected chi connectivity index (χ0v) is 15.3. The first-order chi connectivity index (χ1) is 11.6. The number of halogens is 2. The Morgan fingerprint density at radius 1 is 1.21 bits per heavy atom. The monoisotopic (exact) mass is 409 g/mol. The second-order valence-electron chi connectivity index (χ2n) is 5.49. The molecule has 6 nitrogen and oxygen atoms in total. The average Bonchev–Trinajstić information content (AvgIpc) is 2.58. The summed E-state index contributed by atoms with van der Waals surface area (Å²) >= 11 is 9.34. The van der Waals surface area contributed by atoms with Gasteiger partial charge in [0.05, 0.1) is 12.2 Å². The zero-order valence-electron chi connectivity index (χ0n) is 13.0. The first kappa shape index (κ1) is 17.1. The smallest absolute Gasteiger partial charge is 0.238 e. The standard InChI is InChI=1S/C16H17BrClN5O/c17-12-3-4-14(20-10-12)23-8-6-22(7-9-23)11-15(24)21-13-2-1-5-19-16(13)18/h1-5,10H,6-9,11H2,(H,21,24). The van der Waals surface area contributed by atoms with Gasteiger partial charge in [0.25, 0.3) is 0 Å². The topological polar surface area (TPSA) is 61.4 Å². The summed E-state index contributed by atoms with van der Waals surface area (Å²) in [5.41, 5.74) is 0.543. The lowest BCUT2D eigenvalue weighted by Crippen LogP contribution is -2.48.